The number of rotatable bonds is 6. The fourth-order valence-corrected chi connectivity index (χ4v) is 2.69. The summed E-state index contributed by atoms with van der Waals surface area (Å²) in [7, 11) is -3.74. The van der Waals surface area contributed by atoms with Crippen LogP contribution in [0.4, 0.5) is 11.4 Å². The summed E-state index contributed by atoms with van der Waals surface area (Å²) in [6.45, 7) is 1.74. The molecule has 25 heavy (non-hydrogen) atoms. The third-order valence-corrected chi connectivity index (χ3v) is 4.53. The van der Waals surface area contributed by atoms with Crippen LogP contribution in [0.2, 0.25) is 0 Å². The van der Waals surface area contributed by atoms with Crippen molar-refractivity contribution in [3.63, 3.8) is 0 Å². The van der Waals surface area contributed by atoms with Gasteiger partial charge in [-0.2, -0.15) is 0 Å². The molecule has 0 heterocycles. The van der Waals surface area contributed by atoms with Crippen molar-refractivity contribution in [3.8, 4) is 0 Å². The summed E-state index contributed by atoms with van der Waals surface area (Å²) in [4.78, 5) is 22.3. The Hall–Kier alpha value is -2.78. The molecule has 0 fully saturated rings. The first kappa shape index (κ1) is 18.6. The molecule has 132 valence electrons. The molecule has 2 aromatic carbocycles. The molecule has 2 rings (SSSR count). The Labute approximate surface area is 144 Å². The highest BCUT2D eigenvalue weighted by atomic mass is 32.2. The van der Waals surface area contributed by atoms with Gasteiger partial charge in [0.1, 0.15) is 0 Å². The predicted molar refractivity (Wildman–Crippen MR) is 92.6 cm³/mol. The van der Waals surface area contributed by atoms with Crippen molar-refractivity contribution in [2.45, 2.75) is 24.7 Å². The van der Waals surface area contributed by atoms with Crippen LogP contribution in [0.3, 0.4) is 0 Å². The van der Waals surface area contributed by atoms with E-state index in [0.717, 1.165) is 11.1 Å². The highest BCUT2D eigenvalue weighted by molar-refractivity contribution is 7.89. The molecular weight excluding hydrogens is 346 g/mol. The molecule has 0 aliphatic rings. The molecule has 9 heteroatoms. The number of carbonyl (C=O) groups is 1. The second-order valence-corrected chi connectivity index (χ2v) is 7.05. The molecule has 0 unspecified atom stereocenters. The number of nitrogens with one attached hydrogen (secondary N) is 1. The molecule has 0 bridgehead atoms. The molecule has 0 saturated carbocycles. The maximum atomic E-state index is 12.0. The standard InChI is InChI=1S/C16H17N3O5S/c1-11-2-6-13(19(21)22)10-15(11)18-16(20)9-5-12-3-7-14(8-4-12)25(17,23)24/h2-4,6-8,10H,5,9H2,1H3,(H,18,20)(H2,17,23,24). The van der Waals surface area contributed by atoms with Gasteiger partial charge in [0, 0.05) is 18.6 Å². The normalized spacial score (nSPS) is 11.1. The average molecular weight is 363 g/mol. The van der Waals surface area contributed by atoms with Crippen molar-refractivity contribution >= 4 is 27.3 Å². The quantitative estimate of drug-likeness (QED) is 0.599. The van der Waals surface area contributed by atoms with Gasteiger partial charge in [0.15, 0.2) is 0 Å². The van der Waals surface area contributed by atoms with Gasteiger partial charge in [-0.05, 0) is 36.6 Å². The van der Waals surface area contributed by atoms with E-state index in [2.05, 4.69) is 5.32 Å². The van der Waals surface area contributed by atoms with Crippen LogP contribution in [-0.2, 0) is 21.2 Å². The maximum absolute atomic E-state index is 12.0. The van der Waals surface area contributed by atoms with E-state index in [-0.39, 0.29) is 22.9 Å². The van der Waals surface area contributed by atoms with Gasteiger partial charge in [-0.1, -0.05) is 18.2 Å². The van der Waals surface area contributed by atoms with Crippen LogP contribution in [0.15, 0.2) is 47.4 Å². The van der Waals surface area contributed by atoms with Crippen molar-refractivity contribution < 1.29 is 18.1 Å². The highest BCUT2D eigenvalue weighted by Crippen LogP contribution is 2.22. The Kier molecular flexibility index (Phi) is 5.50. The van der Waals surface area contributed by atoms with Crippen molar-refractivity contribution in [1.29, 1.82) is 0 Å². The number of benzene rings is 2. The van der Waals surface area contributed by atoms with Crippen molar-refractivity contribution in [2.24, 2.45) is 5.14 Å². The summed E-state index contributed by atoms with van der Waals surface area (Å²) in [5.74, 6) is -0.292. The van der Waals surface area contributed by atoms with Crippen molar-refractivity contribution in [3.05, 3.63) is 63.7 Å². The number of nitro benzene ring substituents is 1. The van der Waals surface area contributed by atoms with Gasteiger partial charge in [-0.3, -0.25) is 14.9 Å². The topological polar surface area (TPSA) is 132 Å². The number of nitrogens with zero attached hydrogens (tertiary/aromatic N) is 1. The van der Waals surface area contributed by atoms with E-state index in [9.17, 15) is 23.3 Å². The molecule has 0 aromatic heterocycles. The first-order chi connectivity index (χ1) is 11.7. The van der Waals surface area contributed by atoms with Crippen LogP contribution in [0.1, 0.15) is 17.5 Å². The maximum Gasteiger partial charge on any atom is 0.271 e. The summed E-state index contributed by atoms with van der Waals surface area (Å²) >= 11 is 0. The molecule has 0 radical (unpaired) electrons. The number of sulfonamides is 1. The van der Waals surface area contributed by atoms with Crippen LogP contribution >= 0.6 is 0 Å². The SMILES string of the molecule is Cc1ccc([N+](=O)[O-])cc1NC(=O)CCc1ccc(S(N)(=O)=O)cc1. The van der Waals surface area contributed by atoms with E-state index in [1.165, 1.54) is 24.3 Å². The van der Waals surface area contributed by atoms with E-state index >= 15 is 0 Å². The number of nitrogens with two attached hydrogens (primary N) is 1. The Balaban J connectivity index is 1.99. The molecule has 8 nitrogen and oxygen atoms in total. The number of amides is 1. The van der Waals surface area contributed by atoms with Crippen molar-refractivity contribution in [1.82, 2.24) is 0 Å². The van der Waals surface area contributed by atoms with Gasteiger partial charge in [-0.25, -0.2) is 13.6 Å². The number of non-ortho nitro benzene ring substituents is 1. The number of anilines is 1. The smallest absolute Gasteiger partial charge is 0.271 e. The third kappa shape index (κ3) is 5.10. The summed E-state index contributed by atoms with van der Waals surface area (Å²) in [5.41, 5.74) is 1.79. The highest BCUT2D eigenvalue weighted by Gasteiger charge is 2.12. The number of hydrogen-bond donors (Lipinski definition) is 2. The second kappa shape index (κ2) is 7.41. The van der Waals surface area contributed by atoms with E-state index in [0.29, 0.717) is 12.1 Å². The lowest BCUT2D eigenvalue weighted by Crippen LogP contribution is -2.14. The Morgan fingerprint density at radius 2 is 1.84 bits per heavy atom. The molecule has 1 amide bonds. The summed E-state index contributed by atoms with van der Waals surface area (Å²) < 4.78 is 22.4. The Bertz CT molecular complexity index is 908. The van der Waals surface area contributed by atoms with Gasteiger partial charge < -0.3 is 5.32 Å². The Morgan fingerprint density at radius 1 is 1.20 bits per heavy atom. The van der Waals surface area contributed by atoms with Gasteiger partial charge in [0.25, 0.3) is 5.69 Å². The summed E-state index contributed by atoms with van der Waals surface area (Å²) in [5, 5.41) is 18.5. The number of primary sulfonamides is 1. The van der Waals surface area contributed by atoms with Gasteiger partial charge in [-0.15, -0.1) is 0 Å². The minimum absolute atomic E-state index is 0.00733. The van der Waals surface area contributed by atoms with Crippen molar-refractivity contribution in [2.75, 3.05) is 5.32 Å². The Morgan fingerprint density at radius 3 is 2.40 bits per heavy atom. The number of aryl methyl sites for hydroxylation is 2. The molecule has 3 N–H and O–H groups in total. The molecule has 0 atom stereocenters. The zero-order valence-electron chi connectivity index (χ0n) is 13.4. The van der Waals surface area contributed by atoms with Crippen LogP contribution < -0.4 is 10.5 Å². The number of nitro groups is 1. The number of carbonyl (C=O) groups excluding carboxylic acids is 1. The van der Waals surface area contributed by atoms with Crippen LogP contribution in [0.25, 0.3) is 0 Å². The van der Waals surface area contributed by atoms with E-state index in [1.54, 1.807) is 25.1 Å². The monoisotopic (exact) mass is 363 g/mol. The lowest BCUT2D eigenvalue weighted by molar-refractivity contribution is -0.384. The zero-order chi connectivity index (χ0) is 18.6. The van der Waals surface area contributed by atoms with E-state index < -0.39 is 14.9 Å². The minimum Gasteiger partial charge on any atom is -0.326 e. The van der Waals surface area contributed by atoms with Crippen LogP contribution in [0.5, 0.6) is 0 Å². The lowest BCUT2D eigenvalue weighted by atomic mass is 10.1. The van der Waals surface area contributed by atoms with Crippen LogP contribution in [-0.4, -0.2) is 19.2 Å². The summed E-state index contributed by atoms with van der Waals surface area (Å²) in [6.07, 6.45) is 0.543. The average Bonchev–Trinajstić information content (AvgIpc) is 2.54. The summed E-state index contributed by atoms with van der Waals surface area (Å²) in [6, 6.07) is 10.2. The lowest BCUT2D eigenvalue weighted by Gasteiger charge is -2.08. The molecule has 0 aliphatic heterocycles. The molecule has 0 aliphatic carbocycles. The van der Waals surface area contributed by atoms with Gasteiger partial charge >= 0.3 is 0 Å². The second-order valence-electron chi connectivity index (χ2n) is 5.49. The first-order valence-corrected chi connectivity index (χ1v) is 8.88. The molecular formula is C16H17N3O5S. The minimum atomic E-state index is -3.74. The largest absolute Gasteiger partial charge is 0.326 e. The van der Waals surface area contributed by atoms with E-state index in [4.69, 9.17) is 5.14 Å². The van der Waals surface area contributed by atoms with Crippen LogP contribution in [0, 0.1) is 17.0 Å². The fourth-order valence-electron chi connectivity index (χ4n) is 2.17. The van der Waals surface area contributed by atoms with Gasteiger partial charge in [0.05, 0.1) is 15.5 Å². The zero-order valence-corrected chi connectivity index (χ0v) is 14.2. The van der Waals surface area contributed by atoms with Gasteiger partial charge in [0.2, 0.25) is 15.9 Å². The molecule has 2 aromatic rings. The first-order valence-electron chi connectivity index (χ1n) is 7.33. The fraction of sp³-hybridized carbons (Fsp3) is 0.188. The van der Waals surface area contributed by atoms with E-state index in [1.807, 2.05) is 0 Å². The third-order valence-electron chi connectivity index (χ3n) is 3.60. The molecule has 0 saturated heterocycles. The molecule has 0 spiro atoms. The predicted octanol–water partition coefficient (Wildman–Crippen LogP) is 2.12. The number of hydrogen-bond acceptors (Lipinski definition) is 5.